The molecule has 8 heteroatoms. The van der Waals surface area contributed by atoms with Crippen molar-refractivity contribution in [3.8, 4) is 0 Å². The van der Waals surface area contributed by atoms with Gasteiger partial charge < -0.3 is 15.4 Å². The predicted molar refractivity (Wildman–Crippen MR) is 75.3 cm³/mol. The molecular weight excluding hydrogens is 336 g/mol. The molecule has 1 rings (SSSR count). The maximum Gasteiger partial charge on any atom is 0.261 e. The second-order valence-corrected chi connectivity index (χ2v) is 4.72. The van der Waals surface area contributed by atoms with Gasteiger partial charge in [0, 0.05) is 23.8 Å². The number of alkyl halides is 2. The summed E-state index contributed by atoms with van der Waals surface area (Å²) in [4.78, 5) is 16.1. The molecule has 1 aromatic rings. The number of ether oxygens (including phenoxy) is 1. The van der Waals surface area contributed by atoms with Gasteiger partial charge in [-0.2, -0.15) is 0 Å². The molecule has 0 aliphatic rings. The third kappa shape index (κ3) is 5.79. The number of halogens is 3. The number of rotatable bonds is 8. The van der Waals surface area contributed by atoms with Crippen LogP contribution in [0.25, 0.3) is 0 Å². The Labute approximate surface area is 124 Å². The topological polar surface area (TPSA) is 63.2 Å². The summed E-state index contributed by atoms with van der Waals surface area (Å²) in [5.74, 6) is 0.136. The molecule has 0 bridgehead atoms. The zero-order valence-electron chi connectivity index (χ0n) is 11.0. The zero-order valence-corrected chi connectivity index (χ0v) is 12.5. The zero-order chi connectivity index (χ0) is 15.0. The number of carbonyl (C=O) groups is 1. The number of hydrogen-bond acceptors (Lipinski definition) is 4. The molecular formula is C12H16BrF2N3O2. The lowest BCUT2D eigenvalue weighted by Gasteiger charge is -2.10. The van der Waals surface area contributed by atoms with Gasteiger partial charge in [0.2, 0.25) is 0 Å². The number of carbonyl (C=O) groups excluding carboxylic acids is 1. The fourth-order valence-corrected chi connectivity index (χ4v) is 1.76. The van der Waals surface area contributed by atoms with E-state index in [-0.39, 0.29) is 19.1 Å². The summed E-state index contributed by atoms with van der Waals surface area (Å²) < 4.78 is 29.0. The molecule has 0 unspecified atom stereocenters. The van der Waals surface area contributed by atoms with Crippen LogP contribution in [0.1, 0.15) is 17.3 Å². The highest BCUT2D eigenvalue weighted by atomic mass is 79.9. The summed E-state index contributed by atoms with van der Waals surface area (Å²) in [6, 6.07) is 1.64. The summed E-state index contributed by atoms with van der Waals surface area (Å²) in [5.41, 5.74) is 0.384. The van der Waals surface area contributed by atoms with Gasteiger partial charge in [-0.3, -0.25) is 4.79 Å². The van der Waals surface area contributed by atoms with E-state index < -0.39 is 13.0 Å². The Balaban J connectivity index is 2.52. The van der Waals surface area contributed by atoms with E-state index in [1.165, 1.54) is 0 Å². The van der Waals surface area contributed by atoms with Crippen molar-refractivity contribution in [3.63, 3.8) is 0 Å². The molecule has 1 amide bonds. The van der Waals surface area contributed by atoms with Gasteiger partial charge in [-0.15, -0.1) is 0 Å². The minimum Gasteiger partial charge on any atom is -0.374 e. The molecule has 1 heterocycles. The van der Waals surface area contributed by atoms with Crippen LogP contribution in [0.4, 0.5) is 14.6 Å². The second kappa shape index (κ2) is 8.80. The second-order valence-electron chi connectivity index (χ2n) is 3.80. The number of aromatic nitrogens is 1. The summed E-state index contributed by atoms with van der Waals surface area (Å²) in [5, 5.41) is 5.57. The normalized spacial score (nSPS) is 10.7. The molecule has 20 heavy (non-hydrogen) atoms. The van der Waals surface area contributed by atoms with Crippen molar-refractivity contribution in [1.29, 1.82) is 0 Å². The minimum absolute atomic E-state index is 0.0358. The summed E-state index contributed by atoms with van der Waals surface area (Å²) in [7, 11) is 0. The first-order chi connectivity index (χ1) is 9.54. The lowest BCUT2D eigenvalue weighted by molar-refractivity contribution is 0.0188. The fourth-order valence-electron chi connectivity index (χ4n) is 1.43. The smallest absolute Gasteiger partial charge is 0.261 e. The molecule has 0 saturated heterocycles. The van der Waals surface area contributed by atoms with Gasteiger partial charge in [0.05, 0.1) is 12.2 Å². The fraction of sp³-hybridized carbons (Fsp3) is 0.500. The largest absolute Gasteiger partial charge is 0.374 e. The number of hydrogen-bond donors (Lipinski definition) is 2. The third-order valence-electron chi connectivity index (χ3n) is 2.22. The van der Waals surface area contributed by atoms with Crippen LogP contribution in [0.2, 0.25) is 0 Å². The number of amides is 1. The number of pyridine rings is 1. The van der Waals surface area contributed by atoms with Gasteiger partial charge in [-0.05, 0) is 28.9 Å². The molecule has 0 aromatic carbocycles. The summed E-state index contributed by atoms with van der Waals surface area (Å²) in [6.45, 7) is 2.09. The van der Waals surface area contributed by atoms with Crippen LogP contribution in [-0.4, -0.2) is 43.6 Å². The van der Waals surface area contributed by atoms with Crippen molar-refractivity contribution in [2.45, 2.75) is 13.3 Å². The van der Waals surface area contributed by atoms with Crippen molar-refractivity contribution in [1.82, 2.24) is 10.3 Å². The first-order valence-electron chi connectivity index (χ1n) is 6.08. The van der Waals surface area contributed by atoms with Gasteiger partial charge in [0.1, 0.15) is 12.4 Å². The highest BCUT2D eigenvalue weighted by Crippen LogP contribution is 2.17. The molecule has 0 spiro atoms. The highest BCUT2D eigenvalue weighted by Gasteiger charge is 2.12. The molecule has 2 N–H and O–H groups in total. The van der Waals surface area contributed by atoms with E-state index in [1.54, 1.807) is 12.3 Å². The van der Waals surface area contributed by atoms with E-state index in [4.69, 9.17) is 0 Å². The van der Waals surface area contributed by atoms with Crippen molar-refractivity contribution in [2.75, 3.05) is 31.6 Å². The van der Waals surface area contributed by atoms with Crippen LogP contribution in [-0.2, 0) is 4.74 Å². The molecule has 5 nitrogen and oxygen atoms in total. The Bertz CT molecular complexity index is 447. The molecule has 1 aromatic heterocycles. The molecule has 0 atom stereocenters. The maximum absolute atomic E-state index is 12.0. The van der Waals surface area contributed by atoms with Gasteiger partial charge in [0.25, 0.3) is 12.3 Å². The molecule has 0 radical (unpaired) electrons. The standard InChI is InChI=1S/C12H16BrF2N3O2/c1-2-16-11-9(5-8(13)6-18-11)12(19)17-3-4-20-7-10(14)15/h5-6,10H,2-4,7H2,1H3,(H,16,18)(H,17,19). The van der Waals surface area contributed by atoms with Gasteiger partial charge in [-0.1, -0.05) is 0 Å². The van der Waals surface area contributed by atoms with Gasteiger partial charge >= 0.3 is 0 Å². The van der Waals surface area contributed by atoms with E-state index in [1.807, 2.05) is 6.92 Å². The first kappa shape index (κ1) is 16.8. The Morgan fingerprint density at radius 2 is 2.30 bits per heavy atom. The average Bonchev–Trinajstić information content (AvgIpc) is 2.40. The third-order valence-corrected chi connectivity index (χ3v) is 2.65. The number of nitrogens with zero attached hydrogens (tertiary/aromatic N) is 1. The Kier molecular flexibility index (Phi) is 7.38. The molecule has 0 saturated carbocycles. The molecule has 0 aliphatic carbocycles. The maximum atomic E-state index is 12.0. The average molecular weight is 352 g/mol. The van der Waals surface area contributed by atoms with Crippen LogP contribution in [0.3, 0.4) is 0 Å². The quantitative estimate of drug-likeness (QED) is 0.705. The first-order valence-corrected chi connectivity index (χ1v) is 6.87. The SMILES string of the molecule is CCNc1ncc(Br)cc1C(=O)NCCOCC(F)F. The van der Waals surface area contributed by atoms with Crippen LogP contribution < -0.4 is 10.6 Å². The van der Waals surface area contributed by atoms with Crippen LogP contribution >= 0.6 is 15.9 Å². The van der Waals surface area contributed by atoms with Crippen molar-refractivity contribution in [2.24, 2.45) is 0 Å². The van der Waals surface area contributed by atoms with E-state index in [0.29, 0.717) is 22.4 Å². The van der Waals surface area contributed by atoms with Crippen molar-refractivity contribution in [3.05, 3.63) is 22.3 Å². The van der Waals surface area contributed by atoms with E-state index in [0.717, 1.165) is 0 Å². The highest BCUT2D eigenvalue weighted by molar-refractivity contribution is 9.10. The lowest BCUT2D eigenvalue weighted by atomic mass is 10.2. The molecule has 0 aliphatic heterocycles. The Morgan fingerprint density at radius 1 is 1.55 bits per heavy atom. The molecule has 112 valence electrons. The summed E-state index contributed by atoms with van der Waals surface area (Å²) in [6.07, 6.45) is -0.916. The minimum atomic E-state index is -2.50. The van der Waals surface area contributed by atoms with Crippen molar-refractivity contribution < 1.29 is 18.3 Å². The van der Waals surface area contributed by atoms with Crippen LogP contribution in [0.15, 0.2) is 16.7 Å². The monoisotopic (exact) mass is 351 g/mol. The molecule has 0 fully saturated rings. The van der Waals surface area contributed by atoms with Crippen LogP contribution in [0.5, 0.6) is 0 Å². The van der Waals surface area contributed by atoms with Gasteiger partial charge in [-0.25, -0.2) is 13.8 Å². The Morgan fingerprint density at radius 3 is 2.95 bits per heavy atom. The number of nitrogens with one attached hydrogen (secondary N) is 2. The summed E-state index contributed by atoms with van der Waals surface area (Å²) >= 11 is 3.25. The van der Waals surface area contributed by atoms with E-state index in [2.05, 4.69) is 36.3 Å². The van der Waals surface area contributed by atoms with E-state index in [9.17, 15) is 13.6 Å². The van der Waals surface area contributed by atoms with Gasteiger partial charge in [0.15, 0.2) is 0 Å². The van der Waals surface area contributed by atoms with Crippen molar-refractivity contribution >= 4 is 27.7 Å². The van der Waals surface area contributed by atoms with Crippen LogP contribution in [0, 0.1) is 0 Å². The predicted octanol–water partition coefficient (Wildman–Crippen LogP) is 2.29. The number of anilines is 1. The lowest BCUT2D eigenvalue weighted by Crippen LogP contribution is -2.28. The van der Waals surface area contributed by atoms with E-state index >= 15 is 0 Å². The Hall–Kier alpha value is -1.28.